The van der Waals surface area contributed by atoms with E-state index >= 15 is 0 Å². The fraction of sp³-hybridized carbons (Fsp3) is 0.867. The van der Waals surface area contributed by atoms with Gasteiger partial charge in [-0.3, -0.25) is 9.59 Å². The number of morpholine rings is 1. The number of hydrogen-bond donors (Lipinski definition) is 2. The number of carbonyl (C=O) groups is 2. The Morgan fingerprint density at radius 1 is 1.38 bits per heavy atom. The topological polar surface area (TPSA) is 84.7 Å². The molecule has 2 atom stereocenters. The first-order valence-corrected chi connectivity index (χ1v) is 7.56. The highest BCUT2D eigenvalue weighted by atomic mass is 16.5. The van der Waals surface area contributed by atoms with Crippen LogP contribution in [0.4, 0.5) is 0 Å². The van der Waals surface area contributed by atoms with Crippen molar-refractivity contribution in [2.75, 3.05) is 19.8 Å². The predicted octanol–water partition coefficient (Wildman–Crippen LogP) is 0.502. The molecule has 0 saturated carbocycles. The summed E-state index contributed by atoms with van der Waals surface area (Å²) in [4.78, 5) is 26.3. The number of amides is 2. The number of rotatable bonds is 4. The van der Waals surface area contributed by atoms with Crippen molar-refractivity contribution >= 4 is 11.8 Å². The summed E-state index contributed by atoms with van der Waals surface area (Å²) in [6.07, 6.45) is 0.245. The zero-order valence-corrected chi connectivity index (χ0v) is 13.8. The summed E-state index contributed by atoms with van der Waals surface area (Å²) < 4.78 is 5.35. The minimum atomic E-state index is -0.555. The van der Waals surface area contributed by atoms with Gasteiger partial charge in [0.15, 0.2) is 0 Å². The molecule has 0 aromatic carbocycles. The van der Waals surface area contributed by atoms with Crippen molar-refractivity contribution in [1.29, 1.82) is 0 Å². The molecule has 1 aliphatic heterocycles. The van der Waals surface area contributed by atoms with E-state index in [2.05, 4.69) is 5.32 Å². The molecule has 0 spiro atoms. The van der Waals surface area contributed by atoms with E-state index in [4.69, 9.17) is 10.5 Å². The van der Waals surface area contributed by atoms with E-state index in [-0.39, 0.29) is 42.3 Å². The summed E-state index contributed by atoms with van der Waals surface area (Å²) >= 11 is 0. The Morgan fingerprint density at radius 2 is 2.00 bits per heavy atom. The molecule has 1 fully saturated rings. The Bertz CT molecular complexity index is 377. The van der Waals surface area contributed by atoms with E-state index in [0.717, 1.165) is 0 Å². The number of hydrogen-bond acceptors (Lipinski definition) is 4. The van der Waals surface area contributed by atoms with E-state index in [9.17, 15) is 9.59 Å². The van der Waals surface area contributed by atoms with E-state index in [1.165, 1.54) is 0 Å². The van der Waals surface area contributed by atoms with Crippen molar-refractivity contribution in [1.82, 2.24) is 10.2 Å². The monoisotopic (exact) mass is 299 g/mol. The smallest absolute Gasteiger partial charge is 0.245 e. The highest BCUT2D eigenvalue weighted by molar-refractivity contribution is 5.88. The van der Waals surface area contributed by atoms with Crippen molar-refractivity contribution < 1.29 is 14.3 Å². The first kappa shape index (κ1) is 17.9. The van der Waals surface area contributed by atoms with Crippen molar-refractivity contribution in [3.63, 3.8) is 0 Å². The Balaban J connectivity index is 2.72. The summed E-state index contributed by atoms with van der Waals surface area (Å²) in [6.45, 7) is 10.9. The van der Waals surface area contributed by atoms with Crippen LogP contribution in [0.1, 0.15) is 41.0 Å². The van der Waals surface area contributed by atoms with Gasteiger partial charge in [-0.1, -0.05) is 20.8 Å². The molecular weight excluding hydrogens is 270 g/mol. The van der Waals surface area contributed by atoms with Gasteiger partial charge in [-0.25, -0.2) is 0 Å². The quantitative estimate of drug-likeness (QED) is 0.792. The summed E-state index contributed by atoms with van der Waals surface area (Å²) in [5.41, 5.74) is 5.94. The fourth-order valence-electron chi connectivity index (χ4n) is 2.11. The number of nitrogens with zero attached hydrogens (tertiary/aromatic N) is 1. The number of ether oxygens (including phenoxy) is 1. The normalized spacial score (nSPS) is 21.3. The van der Waals surface area contributed by atoms with Crippen LogP contribution >= 0.6 is 0 Å². The molecule has 3 N–H and O–H groups in total. The molecule has 1 aliphatic rings. The Hall–Kier alpha value is -1.14. The van der Waals surface area contributed by atoms with Gasteiger partial charge >= 0.3 is 0 Å². The molecule has 1 saturated heterocycles. The zero-order valence-electron chi connectivity index (χ0n) is 13.8. The minimum Gasteiger partial charge on any atom is -0.377 e. The predicted molar refractivity (Wildman–Crippen MR) is 81.6 cm³/mol. The van der Waals surface area contributed by atoms with Crippen LogP contribution in [-0.2, 0) is 14.3 Å². The maximum absolute atomic E-state index is 12.5. The maximum Gasteiger partial charge on any atom is 0.245 e. The second-order valence-corrected chi connectivity index (χ2v) is 7.02. The van der Waals surface area contributed by atoms with Crippen LogP contribution in [0.15, 0.2) is 0 Å². The van der Waals surface area contributed by atoms with E-state index < -0.39 is 6.04 Å². The van der Waals surface area contributed by atoms with Crippen LogP contribution in [-0.4, -0.2) is 54.6 Å². The van der Waals surface area contributed by atoms with Crippen LogP contribution in [0.5, 0.6) is 0 Å². The van der Waals surface area contributed by atoms with Gasteiger partial charge in [0.25, 0.3) is 0 Å². The summed E-state index contributed by atoms with van der Waals surface area (Å²) in [5.74, 6) is -0.244. The van der Waals surface area contributed by atoms with Gasteiger partial charge in [0.1, 0.15) is 6.04 Å². The van der Waals surface area contributed by atoms with E-state index in [1.807, 2.05) is 34.6 Å². The first-order chi connectivity index (χ1) is 9.62. The molecule has 1 heterocycles. The van der Waals surface area contributed by atoms with Gasteiger partial charge in [0, 0.05) is 25.0 Å². The van der Waals surface area contributed by atoms with E-state index in [1.54, 1.807) is 4.90 Å². The van der Waals surface area contributed by atoms with Crippen LogP contribution < -0.4 is 11.1 Å². The number of nitrogens with one attached hydrogen (secondary N) is 1. The Morgan fingerprint density at radius 3 is 2.52 bits per heavy atom. The van der Waals surface area contributed by atoms with Gasteiger partial charge < -0.3 is 20.7 Å². The standard InChI is InChI=1S/C15H29N3O3/c1-10(2)17-14(20)11-9-21-7-6-18(11)13(19)8-12(16)15(3,4)5/h10-12H,6-9,16H2,1-5H3,(H,17,20). The third-order valence-corrected chi connectivity index (χ3v) is 3.69. The molecule has 1 rings (SSSR count). The first-order valence-electron chi connectivity index (χ1n) is 7.56. The second-order valence-electron chi connectivity index (χ2n) is 7.02. The molecular formula is C15H29N3O3. The minimum absolute atomic E-state index is 0.0354. The third-order valence-electron chi connectivity index (χ3n) is 3.69. The molecule has 6 nitrogen and oxygen atoms in total. The fourth-order valence-corrected chi connectivity index (χ4v) is 2.11. The second kappa shape index (κ2) is 7.22. The summed E-state index contributed by atoms with van der Waals surface area (Å²) in [6, 6.07) is -0.754. The Kier molecular flexibility index (Phi) is 6.16. The lowest BCUT2D eigenvalue weighted by Crippen LogP contribution is -2.57. The third kappa shape index (κ3) is 5.28. The van der Waals surface area contributed by atoms with Crippen molar-refractivity contribution in [2.45, 2.75) is 59.2 Å². The SMILES string of the molecule is CC(C)NC(=O)C1COCCN1C(=O)CC(N)C(C)(C)C. The molecule has 122 valence electrons. The van der Waals surface area contributed by atoms with Crippen molar-refractivity contribution in [3.05, 3.63) is 0 Å². The lowest BCUT2D eigenvalue weighted by Gasteiger charge is -2.36. The van der Waals surface area contributed by atoms with Crippen LogP contribution in [0.2, 0.25) is 0 Å². The van der Waals surface area contributed by atoms with Gasteiger partial charge in [0.05, 0.1) is 13.2 Å². The molecule has 0 aromatic heterocycles. The lowest BCUT2D eigenvalue weighted by atomic mass is 9.85. The van der Waals surface area contributed by atoms with E-state index in [0.29, 0.717) is 13.2 Å². The molecule has 0 aliphatic carbocycles. The Labute approximate surface area is 127 Å². The molecule has 0 bridgehead atoms. The van der Waals surface area contributed by atoms with Gasteiger partial charge in [-0.05, 0) is 19.3 Å². The highest BCUT2D eigenvalue weighted by Gasteiger charge is 2.34. The lowest BCUT2D eigenvalue weighted by molar-refractivity contribution is -0.149. The molecule has 0 radical (unpaired) electrons. The molecule has 0 aromatic rings. The molecule has 2 amide bonds. The van der Waals surface area contributed by atoms with Gasteiger partial charge in [0.2, 0.25) is 11.8 Å². The van der Waals surface area contributed by atoms with Crippen LogP contribution in [0, 0.1) is 5.41 Å². The zero-order chi connectivity index (χ0) is 16.2. The average molecular weight is 299 g/mol. The van der Waals surface area contributed by atoms with Crippen LogP contribution in [0.25, 0.3) is 0 Å². The highest BCUT2D eigenvalue weighted by Crippen LogP contribution is 2.21. The maximum atomic E-state index is 12.5. The largest absolute Gasteiger partial charge is 0.377 e. The average Bonchev–Trinajstić information content (AvgIpc) is 2.36. The van der Waals surface area contributed by atoms with Crippen molar-refractivity contribution in [3.8, 4) is 0 Å². The molecule has 6 heteroatoms. The van der Waals surface area contributed by atoms with Crippen LogP contribution in [0.3, 0.4) is 0 Å². The molecule has 2 unspecified atom stereocenters. The summed E-state index contributed by atoms with van der Waals surface area (Å²) in [5, 5.41) is 2.84. The van der Waals surface area contributed by atoms with Gasteiger partial charge in [-0.2, -0.15) is 0 Å². The number of nitrogens with two attached hydrogens (primary N) is 1. The van der Waals surface area contributed by atoms with Crippen molar-refractivity contribution in [2.24, 2.45) is 11.1 Å². The molecule has 21 heavy (non-hydrogen) atoms. The summed E-state index contributed by atoms with van der Waals surface area (Å²) in [7, 11) is 0. The number of carbonyl (C=O) groups excluding carboxylic acids is 2. The van der Waals surface area contributed by atoms with Gasteiger partial charge in [-0.15, -0.1) is 0 Å².